The number of hydrogen-bond acceptors (Lipinski definition) is 3. The lowest BCUT2D eigenvalue weighted by atomic mass is 9.63. The zero-order valence-electron chi connectivity index (χ0n) is 13.7. The number of carboxylic acid groups (broad SMARTS) is 1. The fourth-order valence-corrected chi connectivity index (χ4v) is 4.05. The van der Waals surface area contributed by atoms with Crippen LogP contribution in [0.15, 0.2) is 10.5 Å². The van der Waals surface area contributed by atoms with E-state index in [2.05, 4.69) is 33.0 Å². The summed E-state index contributed by atoms with van der Waals surface area (Å²) in [6.45, 7) is 11.8. The predicted octanol–water partition coefficient (Wildman–Crippen LogP) is 3.98. The van der Waals surface area contributed by atoms with Gasteiger partial charge in [0.05, 0.1) is 0 Å². The minimum atomic E-state index is -1.01. The third kappa shape index (κ3) is 4.10. The maximum Gasteiger partial charge on any atom is 0.371 e. The molecule has 0 radical (unpaired) electrons. The molecule has 1 saturated carbocycles. The van der Waals surface area contributed by atoms with Crippen molar-refractivity contribution in [3.8, 4) is 0 Å². The molecular weight excluding hydrogens is 266 g/mol. The first-order valence-corrected chi connectivity index (χ1v) is 7.64. The molecule has 0 bridgehead atoms. The van der Waals surface area contributed by atoms with Gasteiger partial charge in [0.1, 0.15) is 5.76 Å². The van der Waals surface area contributed by atoms with Crippen molar-refractivity contribution in [2.75, 3.05) is 0 Å². The highest BCUT2D eigenvalue weighted by molar-refractivity contribution is 5.84. The van der Waals surface area contributed by atoms with Crippen molar-refractivity contribution in [1.29, 1.82) is 0 Å². The fourth-order valence-electron chi connectivity index (χ4n) is 4.05. The molecule has 0 atom stereocenters. The SMILES string of the molecule is Cc1oc(C(=O)O)cc1CNC1CC(C)(C)CC(C)(C)C1. The number of aromatic carboxylic acids is 1. The van der Waals surface area contributed by atoms with Crippen LogP contribution in [0.25, 0.3) is 0 Å². The predicted molar refractivity (Wildman–Crippen MR) is 82.4 cm³/mol. The molecule has 1 aliphatic carbocycles. The second kappa shape index (κ2) is 5.48. The van der Waals surface area contributed by atoms with Crippen LogP contribution in [0.2, 0.25) is 0 Å². The van der Waals surface area contributed by atoms with Gasteiger partial charge in [0.15, 0.2) is 0 Å². The lowest BCUT2D eigenvalue weighted by Crippen LogP contribution is -2.43. The molecule has 0 amide bonds. The number of hydrogen-bond donors (Lipinski definition) is 2. The molecule has 2 rings (SSSR count). The van der Waals surface area contributed by atoms with Gasteiger partial charge in [0.25, 0.3) is 0 Å². The fraction of sp³-hybridized carbons (Fsp3) is 0.706. The summed E-state index contributed by atoms with van der Waals surface area (Å²) < 4.78 is 5.26. The molecule has 0 aromatic carbocycles. The molecule has 0 spiro atoms. The third-order valence-corrected chi connectivity index (χ3v) is 4.37. The Morgan fingerprint density at radius 2 is 1.90 bits per heavy atom. The van der Waals surface area contributed by atoms with E-state index >= 15 is 0 Å². The summed E-state index contributed by atoms with van der Waals surface area (Å²) in [5.74, 6) is -0.299. The van der Waals surface area contributed by atoms with Crippen LogP contribution in [0.1, 0.15) is 68.8 Å². The van der Waals surface area contributed by atoms with Crippen molar-refractivity contribution in [3.63, 3.8) is 0 Å². The molecule has 1 aromatic heterocycles. The Morgan fingerprint density at radius 1 is 1.33 bits per heavy atom. The van der Waals surface area contributed by atoms with E-state index in [-0.39, 0.29) is 5.76 Å². The second-order valence-electron chi connectivity index (χ2n) is 7.99. The quantitative estimate of drug-likeness (QED) is 0.881. The highest BCUT2D eigenvalue weighted by Crippen LogP contribution is 2.45. The average molecular weight is 293 g/mol. The molecule has 1 aliphatic rings. The molecule has 0 aliphatic heterocycles. The van der Waals surface area contributed by atoms with E-state index < -0.39 is 5.97 Å². The van der Waals surface area contributed by atoms with Gasteiger partial charge in [-0.1, -0.05) is 27.7 Å². The molecule has 1 heterocycles. The van der Waals surface area contributed by atoms with Crippen LogP contribution >= 0.6 is 0 Å². The number of furan rings is 1. The standard InChI is InChI=1S/C17H27NO3/c1-11-12(6-14(21-11)15(19)20)9-18-13-7-16(2,3)10-17(4,5)8-13/h6,13,18H,7-10H2,1-5H3,(H,19,20). The normalized spacial score (nSPS) is 21.4. The van der Waals surface area contributed by atoms with Crippen molar-refractivity contribution in [1.82, 2.24) is 5.32 Å². The zero-order valence-corrected chi connectivity index (χ0v) is 13.7. The van der Waals surface area contributed by atoms with Crippen molar-refractivity contribution in [3.05, 3.63) is 23.2 Å². The van der Waals surface area contributed by atoms with Gasteiger partial charge < -0.3 is 14.8 Å². The number of carboxylic acids is 1. The second-order valence-corrected chi connectivity index (χ2v) is 7.99. The van der Waals surface area contributed by atoms with E-state index in [1.165, 1.54) is 6.42 Å². The molecule has 21 heavy (non-hydrogen) atoms. The Labute approximate surface area is 126 Å². The molecular formula is C17H27NO3. The first-order valence-electron chi connectivity index (χ1n) is 7.64. The van der Waals surface area contributed by atoms with Gasteiger partial charge >= 0.3 is 5.97 Å². The van der Waals surface area contributed by atoms with Gasteiger partial charge in [0, 0.05) is 18.2 Å². The summed E-state index contributed by atoms with van der Waals surface area (Å²) in [6, 6.07) is 2.09. The molecule has 4 nitrogen and oxygen atoms in total. The van der Waals surface area contributed by atoms with E-state index in [1.54, 1.807) is 6.07 Å². The topological polar surface area (TPSA) is 62.5 Å². The van der Waals surface area contributed by atoms with Crippen LogP contribution in [0.4, 0.5) is 0 Å². The number of rotatable bonds is 4. The summed E-state index contributed by atoms with van der Waals surface area (Å²) in [4.78, 5) is 10.9. The Morgan fingerprint density at radius 3 is 2.38 bits per heavy atom. The van der Waals surface area contributed by atoms with Crippen molar-refractivity contribution < 1.29 is 14.3 Å². The van der Waals surface area contributed by atoms with Crippen LogP contribution in [0.5, 0.6) is 0 Å². The number of nitrogens with one attached hydrogen (secondary N) is 1. The average Bonchev–Trinajstić information content (AvgIpc) is 2.64. The number of aryl methyl sites for hydroxylation is 1. The lowest BCUT2D eigenvalue weighted by molar-refractivity contribution is 0.0660. The zero-order chi connectivity index (χ0) is 15.8. The maximum absolute atomic E-state index is 10.9. The highest BCUT2D eigenvalue weighted by atomic mass is 16.4. The molecule has 4 heteroatoms. The van der Waals surface area contributed by atoms with E-state index in [9.17, 15) is 4.79 Å². The Kier molecular flexibility index (Phi) is 4.20. The summed E-state index contributed by atoms with van der Waals surface area (Å²) in [5, 5.41) is 12.6. The Hall–Kier alpha value is -1.29. The van der Waals surface area contributed by atoms with Crippen molar-refractivity contribution in [2.45, 2.75) is 66.5 Å². The van der Waals surface area contributed by atoms with E-state index in [4.69, 9.17) is 9.52 Å². The van der Waals surface area contributed by atoms with E-state index in [0.29, 0.717) is 29.2 Å². The Bertz CT molecular complexity index is 512. The molecule has 0 unspecified atom stereocenters. The van der Waals surface area contributed by atoms with Crippen LogP contribution in [0, 0.1) is 17.8 Å². The maximum atomic E-state index is 10.9. The largest absolute Gasteiger partial charge is 0.475 e. The Balaban J connectivity index is 2.01. The van der Waals surface area contributed by atoms with Gasteiger partial charge in [0.2, 0.25) is 5.76 Å². The summed E-state index contributed by atoms with van der Waals surface area (Å²) in [5.41, 5.74) is 1.63. The highest BCUT2D eigenvalue weighted by Gasteiger charge is 2.38. The monoisotopic (exact) mass is 293 g/mol. The summed E-state index contributed by atoms with van der Waals surface area (Å²) in [7, 11) is 0. The molecule has 2 N–H and O–H groups in total. The first kappa shape index (κ1) is 16.1. The lowest BCUT2D eigenvalue weighted by Gasteiger charge is -2.45. The van der Waals surface area contributed by atoms with Crippen LogP contribution in [0.3, 0.4) is 0 Å². The number of carbonyl (C=O) groups is 1. The van der Waals surface area contributed by atoms with Crippen molar-refractivity contribution in [2.24, 2.45) is 10.8 Å². The molecule has 1 fully saturated rings. The van der Waals surface area contributed by atoms with Gasteiger partial charge in [-0.25, -0.2) is 4.79 Å². The molecule has 0 saturated heterocycles. The van der Waals surface area contributed by atoms with Gasteiger partial charge in [-0.05, 0) is 43.1 Å². The smallest absolute Gasteiger partial charge is 0.371 e. The van der Waals surface area contributed by atoms with Gasteiger partial charge in [-0.15, -0.1) is 0 Å². The van der Waals surface area contributed by atoms with Crippen molar-refractivity contribution >= 4 is 5.97 Å². The van der Waals surface area contributed by atoms with E-state index in [1.807, 2.05) is 6.92 Å². The molecule has 118 valence electrons. The van der Waals surface area contributed by atoms with Crippen LogP contribution in [-0.4, -0.2) is 17.1 Å². The van der Waals surface area contributed by atoms with Crippen LogP contribution < -0.4 is 5.32 Å². The third-order valence-electron chi connectivity index (χ3n) is 4.37. The van der Waals surface area contributed by atoms with Crippen LogP contribution in [-0.2, 0) is 6.54 Å². The first-order chi connectivity index (χ1) is 9.58. The molecule has 1 aromatic rings. The van der Waals surface area contributed by atoms with Gasteiger partial charge in [-0.2, -0.15) is 0 Å². The summed E-state index contributed by atoms with van der Waals surface area (Å²) >= 11 is 0. The minimum Gasteiger partial charge on any atom is -0.475 e. The van der Waals surface area contributed by atoms with E-state index in [0.717, 1.165) is 18.4 Å². The minimum absolute atomic E-state index is 0.0219. The van der Waals surface area contributed by atoms with Gasteiger partial charge in [-0.3, -0.25) is 0 Å². The summed E-state index contributed by atoms with van der Waals surface area (Å²) in [6.07, 6.45) is 3.55.